The number of thioether (sulfide) groups is 1. The van der Waals surface area contributed by atoms with E-state index in [-0.39, 0.29) is 5.91 Å². The second-order valence-corrected chi connectivity index (χ2v) is 5.39. The van der Waals surface area contributed by atoms with E-state index in [9.17, 15) is 9.59 Å². The summed E-state index contributed by atoms with van der Waals surface area (Å²) < 4.78 is 0. The van der Waals surface area contributed by atoms with Crippen molar-refractivity contribution in [3.63, 3.8) is 0 Å². The molecule has 0 saturated heterocycles. The molecule has 0 spiro atoms. The molecular weight excluding hydrogens is 262 g/mol. The Kier molecular flexibility index (Phi) is 5.89. The third kappa shape index (κ3) is 4.59. The number of carboxylic acids is 1. The quantitative estimate of drug-likeness (QED) is 0.840. The monoisotopic (exact) mass is 281 g/mol. The van der Waals surface area contributed by atoms with Crippen molar-refractivity contribution in [2.24, 2.45) is 5.92 Å². The summed E-state index contributed by atoms with van der Waals surface area (Å²) in [5.74, 6) is -0.909. The van der Waals surface area contributed by atoms with E-state index in [2.05, 4.69) is 5.32 Å². The second-order valence-electron chi connectivity index (χ2n) is 4.52. The molecule has 0 radical (unpaired) electrons. The normalized spacial score (nSPS) is 13.6. The van der Waals surface area contributed by atoms with Crippen molar-refractivity contribution < 1.29 is 14.7 Å². The number of hydrogen-bond donors (Lipinski definition) is 2. The Balaban J connectivity index is 2.72. The number of hydrogen-bond acceptors (Lipinski definition) is 3. The molecule has 2 N–H and O–H groups in total. The minimum Gasteiger partial charge on any atom is -0.481 e. The average Bonchev–Trinajstić information content (AvgIpc) is 2.38. The van der Waals surface area contributed by atoms with Gasteiger partial charge in [0, 0.05) is 17.4 Å². The zero-order valence-corrected chi connectivity index (χ0v) is 12.2. The molecule has 0 aliphatic carbocycles. The van der Waals surface area contributed by atoms with Gasteiger partial charge in [0.1, 0.15) is 0 Å². The lowest BCUT2D eigenvalue weighted by Crippen LogP contribution is -2.40. The van der Waals surface area contributed by atoms with Crippen molar-refractivity contribution >= 4 is 23.6 Å². The SMILES string of the molecule is CSCc1cccc(C(=O)NC(C)C(C)C(=O)O)c1. The molecule has 1 aromatic rings. The molecule has 104 valence electrons. The Morgan fingerprint density at radius 3 is 2.63 bits per heavy atom. The highest BCUT2D eigenvalue weighted by Gasteiger charge is 2.21. The lowest BCUT2D eigenvalue weighted by molar-refractivity contribution is -0.141. The summed E-state index contributed by atoms with van der Waals surface area (Å²) in [6, 6.07) is 6.97. The average molecular weight is 281 g/mol. The van der Waals surface area contributed by atoms with E-state index >= 15 is 0 Å². The van der Waals surface area contributed by atoms with Crippen molar-refractivity contribution in [1.82, 2.24) is 5.32 Å². The summed E-state index contributed by atoms with van der Waals surface area (Å²) in [5, 5.41) is 11.6. The number of rotatable bonds is 6. The predicted molar refractivity (Wildman–Crippen MR) is 77.4 cm³/mol. The number of carbonyl (C=O) groups is 2. The molecule has 0 aliphatic rings. The largest absolute Gasteiger partial charge is 0.481 e. The van der Waals surface area contributed by atoms with E-state index in [1.807, 2.05) is 24.5 Å². The maximum Gasteiger partial charge on any atom is 0.308 e. The van der Waals surface area contributed by atoms with Crippen molar-refractivity contribution in [2.75, 3.05) is 6.26 Å². The van der Waals surface area contributed by atoms with Crippen LogP contribution in [0.4, 0.5) is 0 Å². The topological polar surface area (TPSA) is 66.4 Å². The summed E-state index contributed by atoms with van der Waals surface area (Å²) in [6.07, 6.45) is 2.00. The van der Waals surface area contributed by atoms with Crippen molar-refractivity contribution in [3.05, 3.63) is 35.4 Å². The van der Waals surface area contributed by atoms with Crippen LogP contribution in [0.25, 0.3) is 0 Å². The predicted octanol–water partition coefficient (Wildman–Crippen LogP) is 2.39. The smallest absolute Gasteiger partial charge is 0.308 e. The first-order chi connectivity index (χ1) is 8.95. The Hall–Kier alpha value is -1.49. The van der Waals surface area contributed by atoms with Gasteiger partial charge in [0.25, 0.3) is 5.91 Å². The molecule has 19 heavy (non-hydrogen) atoms. The van der Waals surface area contributed by atoms with Gasteiger partial charge in [0.05, 0.1) is 5.92 Å². The van der Waals surface area contributed by atoms with Crippen molar-refractivity contribution in [1.29, 1.82) is 0 Å². The van der Waals surface area contributed by atoms with Crippen LogP contribution in [0.3, 0.4) is 0 Å². The fraction of sp³-hybridized carbons (Fsp3) is 0.429. The van der Waals surface area contributed by atoms with Crippen LogP contribution in [0.1, 0.15) is 29.8 Å². The minimum atomic E-state index is -0.913. The first-order valence-electron chi connectivity index (χ1n) is 6.07. The Bertz CT molecular complexity index is 462. The van der Waals surface area contributed by atoms with Gasteiger partial charge in [-0.25, -0.2) is 0 Å². The summed E-state index contributed by atoms with van der Waals surface area (Å²) in [7, 11) is 0. The third-order valence-corrected chi connectivity index (χ3v) is 3.62. The molecule has 5 heteroatoms. The number of benzene rings is 1. The molecule has 0 aromatic heterocycles. The highest BCUT2D eigenvalue weighted by Crippen LogP contribution is 2.12. The fourth-order valence-corrected chi connectivity index (χ4v) is 2.11. The molecule has 2 atom stereocenters. The molecule has 1 rings (SSSR count). The molecule has 2 unspecified atom stereocenters. The second kappa shape index (κ2) is 7.19. The van der Waals surface area contributed by atoms with E-state index < -0.39 is 17.9 Å². The van der Waals surface area contributed by atoms with Crippen molar-refractivity contribution in [3.8, 4) is 0 Å². The van der Waals surface area contributed by atoms with E-state index in [1.165, 1.54) is 0 Å². The van der Waals surface area contributed by atoms with Gasteiger partial charge in [-0.1, -0.05) is 12.1 Å². The number of amides is 1. The van der Waals surface area contributed by atoms with E-state index in [0.717, 1.165) is 11.3 Å². The van der Waals surface area contributed by atoms with Crippen LogP contribution in [-0.2, 0) is 10.5 Å². The zero-order chi connectivity index (χ0) is 14.4. The molecule has 0 fully saturated rings. The highest BCUT2D eigenvalue weighted by atomic mass is 32.2. The lowest BCUT2D eigenvalue weighted by atomic mass is 10.0. The molecule has 4 nitrogen and oxygen atoms in total. The summed E-state index contributed by atoms with van der Waals surface area (Å²) in [6.45, 7) is 3.28. The van der Waals surface area contributed by atoms with Crippen LogP contribution < -0.4 is 5.32 Å². The zero-order valence-electron chi connectivity index (χ0n) is 11.3. The van der Waals surface area contributed by atoms with Crippen LogP contribution in [-0.4, -0.2) is 29.3 Å². The van der Waals surface area contributed by atoms with Crippen LogP contribution in [0.2, 0.25) is 0 Å². The van der Waals surface area contributed by atoms with Gasteiger partial charge < -0.3 is 10.4 Å². The molecule has 1 aromatic carbocycles. The number of nitrogens with one attached hydrogen (secondary N) is 1. The van der Waals surface area contributed by atoms with Gasteiger partial charge >= 0.3 is 5.97 Å². The van der Waals surface area contributed by atoms with E-state index in [0.29, 0.717) is 5.56 Å². The fourth-order valence-electron chi connectivity index (χ4n) is 1.60. The summed E-state index contributed by atoms with van der Waals surface area (Å²) in [5.41, 5.74) is 1.65. The van der Waals surface area contributed by atoms with Crippen LogP contribution in [0.15, 0.2) is 24.3 Å². The summed E-state index contributed by atoms with van der Waals surface area (Å²) >= 11 is 1.69. The summed E-state index contributed by atoms with van der Waals surface area (Å²) in [4.78, 5) is 22.9. The maximum atomic E-state index is 12.0. The number of carbonyl (C=O) groups excluding carboxylic acids is 1. The number of carboxylic acid groups (broad SMARTS) is 1. The first-order valence-corrected chi connectivity index (χ1v) is 7.46. The third-order valence-electron chi connectivity index (χ3n) is 3.00. The van der Waals surface area contributed by atoms with Crippen molar-refractivity contribution in [2.45, 2.75) is 25.6 Å². The van der Waals surface area contributed by atoms with Crippen LogP contribution >= 0.6 is 11.8 Å². The molecule has 0 bridgehead atoms. The molecule has 0 saturated carbocycles. The van der Waals surface area contributed by atoms with Gasteiger partial charge in [-0.05, 0) is 37.8 Å². The van der Waals surface area contributed by atoms with Gasteiger partial charge in [0.15, 0.2) is 0 Å². The Labute approximate surface area is 117 Å². The Morgan fingerprint density at radius 2 is 2.05 bits per heavy atom. The molecular formula is C14H19NO3S. The highest BCUT2D eigenvalue weighted by molar-refractivity contribution is 7.97. The van der Waals surface area contributed by atoms with Gasteiger partial charge in [-0.15, -0.1) is 0 Å². The number of aliphatic carboxylic acids is 1. The standard InChI is InChI=1S/C14H19NO3S/c1-9(14(17)18)10(2)15-13(16)12-6-4-5-11(7-12)8-19-3/h4-7,9-10H,8H2,1-3H3,(H,15,16)(H,17,18). The Morgan fingerprint density at radius 1 is 1.37 bits per heavy atom. The van der Waals surface area contributed by atoms with E-state index in [1.54, 1.807) is 31.7 Å². The maximum absolute atomic E-state index is 12.0. The van der Waals surface area contributed by atoms with Crippen LogP contribution in [0.5, 0.6) is 0 Å². The lowest BCUT2D eigenvalue weighted by Gasteiger charge is -2.17. The van der Waals surface area contributed by atoms with Gasteiger partial charge in [-0.3, -0.25) is 9.59 Å². The first kappa shape index (κ1) is 15.6. The van der Waals surface area contributed by atoms with E-state index in [4.69, 9.17) is 5.11 Å². The molecule has 0 heterocycles. The molecule has 1 amide bonds. The minimum absolute atomic E-state index is 0.233. The van der Waals surface area contributed by atoms with Gasteiger partial charge in [0.2, 0.25) is 0 Å². The van der Waals surface area contributed by atoms with Gasteiger partial charge in [-0.2, -0.15) is 11.8 Å². The van der Waals surface area contributed by atoms with Crippen LogP contribution in [0, 0.1) is 5.92 Å². The molecule has 0 aliphatic heterocycles.